The standard InChI is InChI=1S/C18H33N5O6/c1-8(2)6-12(22-16(26)11(19)7-13(20)24)17(27)21-10(5)15(25)23-14(9(3)4)18(28)29/h8-12,14H,6-7,19H2,1-5H3,(H2,20,24)(H,21,27)(H,22,26)(H,23,25)(H,28,29). The van der Waals surface area contributed by atoms with Crippen LogP contribution in [-0.4, -0.2) is 58.9 Å². The molecule has 0 aromatic heterocycles. The maximum atomic E-state index is 12.6. The van der Waals surface area contributed by atoms with Gasteiger partial charge in [0.25, 0.3) is 0 Å². The van der Waals surface area contributed by atoms with Crippen LogP contribution in [0.5, 0.6) is 0 Å². The quantitative estimate of drug-likeness (QED) is 0.222. The lowest BCUT2D eigenvalue weighted by Gasteiger charge is -2.25. The molecule has 0 aromatic rings. The molecule has 0 aromatic carbocycles. The monoisotopic (exact) mass is 415 g/mol. The van der Waals surface area contributed by atoms with Crippen LogP contribution in [0.2, 0.25) is 0 Å². The minimum absolute atomic E-state index is 0.0277. The number of nitrogens with one attached hydrogen (secondary N) is 3. The summed E-state index contributed by atoms with van der Waals surface area (Å²) in [7, 11) is 0. The third-order valence-corrected chi connectivity index (χ3v) is 4.08. The van der Waals surface area contributed by atoms with Gasteiger partial charge in [-0.05, 0) is 25.2 Å². The predicted molar refractivity (Wildman–Crippen MR) is 105 cm³/mol. The van der Waals surface area contributed by atoms with Crippen molar-refractivity contribution < 1.29 is 29.1 Å². The van der Waals surface area contributed by atoms with E-state index in [4.69, 9.17) is 16.6 Å². The molecule has 0 saturated heterocycles. The molecule has 0 bridgehead atoms. The van der Waals surface area contributed by atoms with E-state index in [9.17, 15) is 24.0 Å². The number of hydrogen-bond donors (Lipinski definition) is 6. The summed E-state index contributed by atoms with van der Waals surface area (Å²) in [6, 6.07) is -4.32. The molecule has 29 heavy (non-hydrogen) atoms. The molecule has 8 N–H and O–H groups in total. The molecule has 0 rings (SSSR count). The van der Waals surface area contributed by atoms with Crippen LogP contribution in [0, 0.1) is 11.8 Å². The Bertz CT molecular complexity index is 622. The largest absolute Gasteiger partial charge is 0.480 e. The number of primary amides is 1. The summed E-state index contributed by atoms with van der Waals surface area (Å²) < 4.78 is 0. The highest BCUT2D eigenvalue weighted by molar-refractivity contribution is 5.94. The number of carbonyl (C=O) groups is 5. The number of carbonyl (C=O) groups excluding carboxylic acids is 4. The van der Waals surface area contributed by atoms with Gasteiger partial charge in [0.05, 0.1) is 12.5 Å². The Morgan fingerprint density at radius 3 is 1.83 bits per heavy atom. The molecular formula is C18H33N5O6. The van der Waals surface area contributed by atoms with E-state index in [1.165, 1.54) is 6.92 Å². The lowest BCUT2D eigenvalue weighted by molar-refractivity contribution is -0.143. The van der Waals surface area contributed by atoms with Gasteiger partial charge in [0.1, 0.15) is 18.1 Å². The van der Waals surface area contributed by atoms with Crippen LogP contribution in [0.15, 0.2) is 0 Å². The average molecular weight is 415 g/mol. The van der Waals surface area contributed by atoms with Gasteiger partial charge in [-0.3, -0.25) is 19.2 Å². The van der Waals surface area contributed by atoms with Gasteiger partial charge < -0.3 is 32.5 Å². The fourth-order valence-electron chi connectivity index (χ4n) is 2.46. The molecule has 11 heteroatoms. The summed E-state index contributed by atoms with van der Waals surface area (Å²) in [5.41, 5.74) is 10.6. The second-order valence-electron chi connectivity index (χ2n) is 7.77. The van der Waals surface area contributed by atoms with Gasteiger partial charge in [0.2, 0.25) is 23.6 Å². The highest BCUT2D eigenvalue weighted by Crippen LogP contribution is 2.07. The number of carboxylic acids is 1. The number of hydrogen-bond acceptors (Lipinski definition) is 6. The number of nitrogens with two attached hydrogens (primary N) is 2. The predicted octanol–water partition coefficient (Wildman–Crippen LogP) is -1.55. The fraction of sp³-hybridized carbons (Fsp3) is 0.722. The molecule has 0 fully saturated rings. The molecule has 4 atom stereocenters. The van der Waals surface area contributed by atoms with Crippen molar-refractivity contribution in [3.63, 3.8) is 0 Å². The zero-order valence-corrected chi connectivity index (χ0v) is 17.5. The van der Waals surface area contributed by atoms with Gasteiger partial charge in [0, 0.05) is 0 Å². The Hall–Kier alpha value is -2.69. The van der Waals surface area contributed by atoms with Gasteiger partial charge in [-0.2, -0.15) is 0 Å². The third kappa shape index (κ3) is 9.88. The van der Waals surface area contributed by atoms with Crippen molar-refractivity contribution in [3.05, 3.63) is 0 Å². The third-order valence-electron chi connectivity index (χ3n) is 4.08. The summed E-state index contributed by atoms with van der Waals surface area (Å²) >= 11 is 0. The SMILES string of the molecule is CC(C)CC(NC(=O)C(N)CC(N)=O)C(=O)NC(C)C(=O)NC(C(=O)O)C(C)C. The van der Waals surface area contributed by atoms with Crippen LogP contribution in [0.4, 0.5) is 0 Å². The van der Waals surface area contributed by atoms with Crippen molar-refractivity contribution in [2.75, 3.05) is 0 Å². The van der Waals surface area contributed by atoms with E-state index in [1.54, 1.807) is 13.8 Å². The van der Waals surface area contributed by atoms with E-state index < -0.39 is 53.8 Å². The smallest absolute Gasteiger partial charge is 0.326 e. The van der Waals surface area contributed by atoms with Gasteiger partial charge in [-0.25, -0.2) is 4.79 Å². The Balaban J connectivity index is 5.08. The van der Waals surface area contributed by atoms with Crippen molar-refractivity contribution in [3.8, 4) is 0 Å². The second kappa shape index (κ2) is 12.0. The van der Waals surface area contributed by atoms with Crippen LogP contribution in [0.3, 0.4) is 0 Å². The first-order chi connectivity index (χ1) is 13.3. The fourth-order valence-corrected chi connectivity index (χ4v) is 2.46. The molecule has 0 radical (unpaired) electrons. The highest BCUT2D eigenvalue weighted by atomic mass is 16.4. The number of aliphatic carboxylic acids is 1. The molecule has 0 aliphatic rings. The maximum Gasteiger partial charge on any atom is 0.326 e. The maximum absolute atomic E-state index is 12.6. The molecule has 0 heterocycles. The van der Waals surface area contributed by atoms with Crippen LogP contribution in [0.25, 0.3) is 0 Å². The minimum Gasteiger partial charge on any atom is -0.480 e. The van der Waals surface area contributed by atoms with Crippen LogP contribution in [-0.2, 0) is 24.0 Å². The summed E-state index contributed by atoms with van der Waals surface area (Å²) in [4.78, 5) is 59.1. The topological polar surface area (TPSA) is 194 Å². The highest BCUT2D eigenvalue weighted by Gasteiger charge is 2.29. The Kier molecular flexibility index (Phi) is 10.9. The molecule has 11 nitrogen and oxygen atoms in total. The zero-order chi connectivity index (χ0) is 22.9. The van der Waals surface area contributed by atoms with Crippen LogP contribution in [0.1, 0.15) is 47.5 Å². The Morgan fingerprint density at radius 2 is 1.41 bits per heavy atom. The van der Waals surface area contributed by atoms with Crippen molar-refractivity contribution in [2.24, 2.45) is 23.3 Å². The van der Waals surface area contributed by atoms with E-state index in [1.807, 2.05) is 13.8 Å². The number of rotatable bonds is 12. The van der Waals surface area contributed by atoms with Crippen LogP contribution >= 0.6 is 0 Å². The summed E-state index contributed by atoms with van der Waals surface area (Å²) in [6.45, 7) is 8.37. The number of carboxylic acid groups (broad SMARTS) is 1. The first-order valence-electron chi connectivity index (χ1n) is 9.44. The molecule has 0 aliphatic heterocycles. The summed E-state index contributed by atoms with van der Waals surface area (Å²) in [5, 5.41) is 16.5. The van der Waals surface area contributed by atoms with Crippen molar-refractivity contribution in [1.29, 1.82) is 0 Å². The normalized spacial score (nSPS) is 15.2. The van der Waals surface area contributed by atoms with Crippen LogP contribution < -0.4 is 27.4 Å². The van der Waals surface area contributed by atoms with E-state index in [2.05, 4.69) is 16.0 Å². The molecule has 0 saturated carbocycles. The zero-order valence-electron chi connectivity index (χ0n) is 17.5. The lowest BCUT2D eigenvalue weighted by Crippen LogP contribution is -2.57. The molecule has 166 valence electrons. The van der Waals surface area contributed by atoms with E-state index >= 15 is 0 Å². The summed E-state index contributed by atoms with van der Waals surface area (Å²) in [6.07, 6.45) is -0.106. The summed E-state index contributed by atoms with van der Waals surface area (Å²) in [5.74, 6) is -4.26. The van der Waals surface area contributed by atoms with E-state index in [0.29, 0.717) is 0 Å². The molecule has 4 amide bonds. The van der Waals surface area contributed by atoms with Gasteiger partial charge in [-0.15, -0.1) is 0 Å². The first-order valence-corrected chi connectivity index (χ1v) is 9.44. The van der Waals surface area contributed by atoms with Gasteiger partial charge in [-0.1, -0.05) is 27.7 Å². The first kappa shape index (κ1) is 26.3. The Morgan fingerprint density at radius 1 is 0.862 bits per heavy atom. The molecule has 0 aliphatic carbocycles. The van der Waals surface area contributed by atoms with E-state index in [-0.39, 0.29) is 24.7 Å². The lowest BCUT2D eigenvalue weighted by atomic mass is 10.0. The van der Waals surface area contributed by atoms with Crippen molar-refractivity contribution in [1.82, 2.24) is 16.0 Å². The number of amides is 4. The molecule has 4 unspecified atom stereocenters. The Labute approximate surface area is 170 Å². The van der Waals surface area contributed by atoms with E-state index in [0.717, 1.165) is 0 Å². The van der Waals surface area contributed by atoms with Gasteiger partial charge >= 0.3 is 5.97 Å². The van der Waals surface area contributed by atoms with Crippen molar-refractivity contribution >= 4 is 29.6 Å². The van der Waals surface area contributed by atoms with Gasteiger partial charge in [0.15, 0.2) is 0 Å². The second-order valence-corrected chi connectivity index (χ2v) is 7.77. The average Bonchev–Trinajstić information content (AvgIpc) is 2.56. The molecule has 0 spiro atoms. The molecular weight excluding hydrogens is 382 g/mol. The minimum atomic E-state index is -1.20. The van der Waals surface area contributed by atoms with Crippen molar-refractivity contribution in [2.45, 2.75) is 71.6 Å².